The maximum Gasteiger partial charge on any atom is 0.270 e. The molecule has 0 bridgehead atoms. The molecule has 0 aromatic heterocycles. The quantitative estimate of drug-likeness (QED) is 0.300. The van der Waals surface area contributed by atoms with Gasteiger partial charge in [0.15, 0.2) is 0 Å². The Morgan fingerprint density at radius 3 is 2.41 bits per heavy atom. The average molecular weight is 540 g/mol. The fourth-order valence-corrected chi connectivity index (χ4v) is 5.22. The molecular formula is C22H17Cl3N4O4S. The van der Waals surface area contributed by atoms with E-state index in [2.05, 4.69) is 9.82 Å². The molecular weight excluding hydrogens is 523 g/mol. The molecule has 34 heavy (non-hydrogen) atoms. The highest BCUT2D eigenvalue weighted by Crippen LogP contribution is 2.39. The average Bonchev–Trinajstić information content (AvgIpc) is 3.22. The smallest absolute Gasteiger partial charge is 0.258 e. The van der Waals surface area contributed by atoms with Gasteiger partial charge in [-0.1, -0.05) is 53.0 Å². The fraction of sp³-hybridized carbons (Fsp3) is 0.136. The predicted molar refractivity (Wildman–Crippen MR) is 133 cm³/mol. The molecule has 8 nitrogen and oxygen atoms in total. The van der Waals surface area contributed by atoms with Crippen LogP contribution in [-0.4, -0.2) is 25.6 Å². The summed E-state index contributed by atoms with van der Waals surface area (Å²) in [6, 6.07) is 16.9. The second-order valence-electron chi connectivity index (χ2n) is 7.46. The monoisotopic (exact) mass is 538 g/mol. The zero-order chi connectivity index (χ0) is 24.5. The van der Waals surface area contributed by atoms with Crippen LogP contribution in [-0.2, 0) is 10.0 Å². The van der Waals surface area contributed by atoms with Gasteiger partial charge in [0.2, 0.25) is 10.0 Å². The van der Waals surface area contributed by atoms with Crippen molar-refractivity contribution in [2.24, 2.45) is 5.10 Å². The minimum atomic E-state index is -4.00. The van der Waals surface area contributed by atoms with E-state index in [1.165, 1.54) is 18.2 Å². The molecule has 0 radical (unpaired) electrons. The second kappa shape index (κ2) is 9.89. The van der Waals surface area contributed by atoms with Gasteiger partial charge in [-0.2, -0.15) is 5.10 Å². The standard InChI is InChI=1S/C22H17Cl3N4O4S/c23-15-6-4-14(5-7-15)22-11-17(27-28(22)21-9-8-16(24)10-20(21)25)13-26-34(32,33)19-3-1-2-18(12-19)29(30)31/h1-10,12,22,26H,11,13H2. The molecule has 0 amide bonds. The third kappa shape index (κ3) is 5.34. The number of sulfonamides is 1. The summed E-state index contributed by atoms with van der Waals surface area (Å²) in [5, 5.41) is 18.8. The number of halogens is 3. The van der Waals surface area contributed by atoms with Gasteiger partial charge in [0.25, 0.3) is 5.69 Å². The Labute approximate surface area is 210 Å². The molecule has 12 heteroatoms. The summed E-state index contributed by atoms with van der Waals surface area (Å²) in [5.41, 5.74) is 1.77. The number of hydrazone groups is 1. The van der Waals surface area contributed by atoms with Crippen molar-refractivity contribution >= 4 is 61.9 Å². The highest BCUT2D eigenvalue weighted by Gasteiger charge is 2.31. The van der Waals surface area contributed by atoms with E-state index in [1.807, 2.05) is 12.1 Å². The third-order valence-corrected chi connectivity index (χ3v) is 7.38. The van der Waals surface area contributed by atoms with Crippen LogP contribution in [0.4, 0.5) is 11.4 Å². The summed E-state index contributed by atoms with van der Waals surface area (Å²) in [6.45, 7) is -0.0865. The van der Waals surface area contributed by atoms with E-state index in [0.717, 1.165) is 11.6 Å². The van der Waals surface area contributed by atoms with E-state index in [0.29, 0.717) is 32.9 Å². The van der Waals surface area contributed by atoms with Crippen LogP contribution in [0.5, 0.6) is 0 Å². The van der Waals surface area contributed by atoms with Crippen LogP contribution in [0.3, 0.4) is 0 Å². The van der Waals surface area contributed by atoms with E-state index < -0.39 is 14.9 Å². The summed E-state index contributed by atoms with van der Waals surface area (Å²) in [4.78, 5) is 10.1. The number of hydrogen-bond acceptors (Lipinski definition) is 6. The number of non-ortho nitro benzene ring substituents is 1. The number of rotatable bonds is 7. The van der Waals surface area contributed by atoms with Gasteiger partial charge in [-0.25, -0.2) is 13.1 Å². The van der Waals surface area contributed by atoms with Gasteiger partial charge in [-0.15, -0.1) is 0 Å². The molecule has 3 aromatic carbocycles. The molecule has 0 fully saturated rings. The van der Waals surface area contributed by atoms with Crippen molar-refractivity contribution in [1.29, 1.82) is 0 Å². The summed E-state index contributed by atoms with van der Waals surface area (Å²) in [5.74, 6) is 0. The molecule has 1 unspecified atom stereocenters. The summed E-state index contributed by atoms with van der Waals surface area (Å²) in [6.07, 6.45) is 0.415. The zero-order valence-electron chi connectivity index (χ0n) is 17.4. The fourth-order valence-electron chi connectivity index (χ4n) is 3.54. The van der Waals surface area contributed by atoms with E-state index in [9.17, 15) is 18.5 Å². The molecule has 1 heterocycles. The molecule has 4 rings (SSSR count). The predicted octanol–water partition coefficient (Wildman–Crippen LogP) is 5.84. The first kappa shape index (κ1) is 24.4. The van der Waals surface area contributed by atoms with Gasteiger partial charge in [0.05, 0.1) is 38.8 Å². The van der Waals surface area contributed by atoms with Gasteiger partial charge < -0.3 is 0 Å². The number of nitro groups is 1. The van der Waals surface area contributed by atoms with Crippen LogP contribution >= 0.6 is 34.8 Å². The number of nitrogens with zero attached hydrogens (tertiary/aromatic N) is 3. The number of benzene rings is 3. The summed E-state index contributed by atoms with van der Waals surface area (Å²) in [7, 11) is -4.00. The topological polar surface area (TPSA) is 105 Å². The summed E-state index contributed by atoms with van der Waals surface area (Å²) < 4.78 is 28.0. The first-order valence-electron chi connectivity index (χ1n) is 9.94. The highest BCUT2D eigenvalue weighted by molar-refractivity contribution is 7.89. The molecule has 0 saturated carbocycles. The minimum Gasteiger partial charge on any atom is -0.258 e. The van der Waals surface area contributed by atoms with Crippen molar-refractivity contribution in [2.75, 3.05) is 11.6 Å². The molecule has 176 valence electrons. The Bertz CT molecular complexity index is 1380. The lowest BCUT2D eigenvalue weighted by molar-refractivity contribution is -0.385. The Hall–Kier alpha value is -2.69. The molecule has 1 aliphatic rings. The Kier molecular flexibility index (Phi) is 7.11. The van der Waals surface area contributed by atoms with Gasteiger partial charge in [0, 0.05) is 28.6 Å². The second-order valence-corrected chi connectivity index (χ2v) is 10.5. The van der Waals surface area contributed by atoms with E-state index in [4.69, 9.17) is 34.8 Å². The zero-order valence-corrected chi connectivity index (χ0v) is 20.4. The van der Waals surface area contributed by atoms with Gasteiger partial charge in [-0.05, 0) is 42.0 Å². The van der Waals surface area contributed by atoms with Crippen molar-refractivity contribution in [2.45, 2.75) is 17.4 Å². The maximum absolute atomic E-state index is 12.7. The maximum atomic E-state index is 12.7. The van der Waals surface area contributed by atoms with Crippen LogP contribution < -0.4 is 9.73 Å². The number of nitro benzene ring substituents is 1. The van der Waals surface area contributed by atoms with Gasteiger partial charge >= 0.3 is 0 Å². The molecule has 0 spiro atoms. The number of nitrogens with one attached hydrogen (secondary N) is 1. The van der Waals surface area contributed by atoms with Crippen molar-refractivity contribution in [1.82, 2.24) is 4.72 Å². The SMILES string of the molecule is O=[N+]([O-])c1cccc(S(=O)(=O)NCC2=NN(c3ccc(Cl)cc3Cl)C(c3ccc(Cl)cc3)C2)c1. The van der Waals surface area contributed by atoms with Crippen LogP contribution in [0, 0.1) is 10.1 Å². The molecule has 1 aliphatic heterocycles. The number of anilines is 1. The Morgan fingerprint density at radius 1 is 1.03 bits per heavy atom. The van der Waals surface area contributed by atoms with E-state index in [-0.39, 0.29) is 23.2 Å². The first-order chi connectivity index (χ1) is 16.1. The normalized spacial score (nSPS) is 15.9. The lowest BCUT2D eigenvalue weighted by atomic mass is 10.0. The number of hydrogen-bond donors (Lipinski definition) is 1. The van der Waals surface area contributed by atoms with Gasteiger partial charge in [0.1, 0.15) is 0 Å². The Morgan fingerprint density at radius 2 is 1.74 bits per heavy atom. The molecule has 0 saturated heterocycles. The van der Waals surface area contributed by atoms with Crippen LogP contribution in [0.15, 0.2) is 76.7 Å². The summed E-state index contributed by atoms with van der Waals surface area (Å²) >= 11 is 18.5. The molecule has 0 aliphatic carbocycles. The molecule has 3 aromatic rings. The highest BCUT2D eigenvalue weighted by atomic mass is 35.5. The molecule has 1 atom stereocenters. The van der Waals surface area contributed by atoms with Crippen molar-refractivity contribution in [3.8, 4) is 0 Å². The van der Waals surface area contributed by atoms with Gasteiger partial charge in [-0.3, -0.25) is 15.1 Å². The third-order valence-electron chi connectivity index (χ3n) is 5.19. The Balaban J connectivity index is 1.61. The largest absolute Gasteiger partial charge is 0.270 e. The lowest BCUT2D eigenvalue weighted by Gasteiger charge is -2.25. The van der Waals surface area contributed by atoms with Crippen molar-refractivity contribution < 1.29 is 13.3 Å². The lowest BCUT2D eigenvalue weighted by Crippen LogP contribution is -2.29. The molecule has 1 N–H and O–H groups in total. The van der Waals surface area contributed by atoms with Crippen LogP contribution in [0.25, 0.3) is 0 Å². The van der Waals surface area contributed by atoms with Crippen molar-refractivity contribution in [3.63, 3.8) is 0 Å². The van der Waals surface area contributed by atoms with Crippen LogP contribution in [0.1, 0.15) is 18.0 Å². The first-order valence-corrected chi connectivity index (χ1v) is 12.6. The van der Waals surface area contributed by atoms with E-state index >= 15 is 0 Å². The van der Waals surface area contributed by atoms with Crippen molar-refractivity contribution in [3.05, 3.63) is 97.5 Å². The van der Waals surface area contributed by atoms with Crippen LogP contribution in [0.2, 0.25) is 15.1 Å². The minimum absolute atomic E-state index is 0.0865. The van der Waals surface area contributed by atoms with E-state index in [1.54, 1.807) is 35.3 Å².